The summed E-state index contributed by atoms with van der Waals surface area (Å²) >= 11 is 3.34. The Morgan fingerprint density at radius 3 is 3.12 bits per heavy atom. The number of aryl methyl sites for hydroxylation is 1. The maximum atomic E-state index is 12.3. The topological polar surface area (TPSA) is 42.4 Å². The standard InChI is InChI=1S/C12H15BrN2O2/c1-8-7-15(3-4-17-8)12(16)11-5-10(13)6-14-9(11)2/h5-6,8H,3-4,7H2,1-2H3/t8-/m1/s1. The highest BCUT2D eigenvalue weighted by molar-refractivity contribution is 9.10. The van der Waals surface area contributed by atoms with Crippen LogP contribution >= 0.6 is 15.9 Å². The van der Waals surface area contributed by atoms with E-state index in [4.69, 9.17) is 4.74 Å². The molecule has 17 heavy (non-hydrogen) atoms. The van der Waals surface area contributed by atoms with Crippen LogP contribution in [0.4, 0.5) is 0 Å². The first-order valence-electron chi connectivity index (χ1n) is 5.61. The van der Waals surface area contributed by atoms with Gasteiger partial charge in [0, 0.05) is 23.8 Å². The summed E-state index contributed by atoms with van der Waals surface area (Å²) < 4.78 is 6.26. The van der Waals surface area contributed by atoms with Gasteiger partial charge >= 0.3 is 0 Å². The smallest absolute Gasteiger partial charge is 0.255 e. The van der Waals surface area contributed by atoms with Gasteiger partial charge in [-0.1, -0.05) is 0 Å². The minimum Gasteiger partial charge on any atom is -0.375 e. The maximum Gasteiger partial charge on any atom is 0.255 e. The second-order valence-corrected chi connectivity index (χ2v) is 5.13. The highest BCUT2D eigenvalue weighted by atomic mass is 79.9. The Morgan fingerprint density at radius 2 is 2.41 bits per heavy atom. The van der Waals surface area contributed by atoms with E-state index in [2.05, 4.69) is 20.9 Å². The summed E-state index contributed by atoms with van der Waals surface area (Å²) in [7, 11) is 0. The molecule has 0 spiro atoms. The number of pyridine rings is 1. The van der Waals surface area contributed by atoms with Crippen molar-refractivity contribution < 1.29 is 9.53 Å². The number of aromatic nitrogens is 1. The Morgan fingerprint density at radius 1 is 1.65 bits per heavy atom. The van der Waals surface area contributed by atoms with Crippen LogP contribution in [0.5, 0.6) is 0 Å². The first kappa shape index (κ1) is 12.5. The second kappa shape index (κ2) is 5.14. The molecule has 0 unspecified atom stereocenters. The van der Waals surface area contributed by atoms with Crippen molar-refractivity contribution in [2.45, 2.75) is 20.0 Å². The summed E-state index contributed by atoms with van der Waals surface area (Å²) in [5.74, 6) is 0.0338. The molecule has 2 rings (SSSR count). The van der Waals surface area contributed by atoms with E-state index >= 15 is 0 Å². The van der Waals surface area contributed by atoms with Crippen molar-refractivity contribution in [3.05, 3.63) is 28.0 Å². The van der Waals surface area contributed by atoms with Crippen LogP contribution in [0.2, 0.25) is 0 Å². The zero-order valence-electron chi connectivity index (χ0n) is 9.94. The molecule has 4 nitrogen and oxygen atoms in total. The van der Waals surface area contributed by atoms with E-state index in [1.165, 1.54) is 0 Å². The van der Waals surface area contributed by atoms with Gasteiger partial charge in [0.2, 0.25) is 0 Å². The van der Waals surface area contributed by atoms with E-state index in [1.54, 1.807) is 6.20 Å². The summed E-state index contributed by atoms with van der Waals surface area (Å²) in [5, 5.41) is 0. The Labute approximate surface area is 109 Å². The van der Waals surface area contributed by atoms with Gasteiger partial charge in [0.15, 0.2) is 0 Å². The van der Waals surface area contributed by atoms with E-state index in [0.29, 0.717) is 25.3 Å². The largest absolute Gasteiger partial charge is 0.375 e. The number of amides is 1. The number of hydrogen-bond acceptors (Lipinski definition) is 3. The molecule has 0 aromatic carbocycles. The lowest BCUT2D eigenvalue weighted by atomic mass is 10.1. The van der Waals surface area contributed by atoms with Gasteiger partial charge in [-0.25, -0.2) is 0 Å². The molecule has 1 fully saturated rings. The van der Waals surface area contributed by atoms with Gasteiger partial charge in [0.1, 0.15) is 0 Å². The van der Waals surface area contributed by atoms with Crippen LogP contribution in [-0.4, -0.2) is 41.6 Å². The number of nitrogens with zero attached hydrogens (tertiary/aromatic N) is 2. The molecule has 0 saturated carbocycles. The average Bonchev–Trinajstić information content (AvgIpc) is 2.31. The summed E-state index contributed by atoms with van der Waals surface area (Å²) in [6, 6.07) is 1.82. The van der Waals surface area contributed by atoms with Gasteiger partial charge in [-0.15, -0.1) is 0 Å². The molecular weight excluding hydrogens is 284 g/mol. The van der Waals surface area contributed by atoms with Gasteiger partial charge in [-0.2, -0.15) is 0 Å². The Kier molecular flexibility index (Phi) is 3.79. The molecule has 0 aliphatic carbocycles. The fourth-order valence-corrected chi connectivity index (χ4v) is 2.23. The number of carbonyl (C=O) groups excluding carboxylic acids is 1. The van der Waals surface area contributed by atoms with E-state index < -0.39 is 0 Å². The monoisotopic (exact) mass is 298 g/mol. The van der Waals surface area contributed by atoms with Crippen molar-refractivity contribution in [3.63, 3.8) is 0 Å². The number of rotatable bonds is 1. The third kappa shape index (κ3) is 2.84. The second-order valence-electron chi connectivity index (χ2n) is 4.22. The highest BCUT2D eigenvalue weighted by Gasteiger charge is 2.23. The normalized spacial score (nSPS) is 20.4. The van der Waals surface area contributed by atoms with Gasteiger partial charge in [0.25, 0.3) is 5.91 Å². The van der Waals surface area contributed by atoms with Crippen LogP contribution in [0, 0.1) is 6.92 Å². The minimum absolute atomic E-state index is 0.0338. The zero-order chi connectivity index (χ0) is 12.4. The number of morpholine rings is 1. The molecule has 0 N–H and O–H groups in total. The lowest BCUT2D eigenvalue weighted by Crippen LogP contribution is -2.44. The van der Waals surface area contributed by atoms with Crippen LogP contribution in [-0.2, 0) is 4.74 Å². The lowest BCUT2D eigenvalue weighted by Gasteiger charge is -2.31. The summed E-state index contributed by atoms with van der Waals surface area (Å²) in [6.45, 7) is 5.72. The van der Waals surface area contributed by atoms with Crippen molar-refractivity contribution >= 4 is 21.8 Å². The van der Waals surface area contributed by atoms with Crippen molar-refractivity contribution in [1.29, 1.82) is 0 Å². The zero-order valence-corrected chi connectivity index (χ0v) is 11.5. The number of ether oxygens (including phenoxy) is 1. The number of carbonyl (C=O) groups is 1. The van der Waals surface area contributed by atoms with Crippen LogP contribution in [0.3, 0.4) is 0 Å². The van der Waals surface area contributed by atoms with E-state index in [9.17, 15) is 4.79 Å². The molecule has 1 aromatic heterocycles. The SMILES string of the molecule is Cc1ncc(Br)cc1C(=O)N1CCO[C@H](C)C1. The molecule has 0 radical (unpaired) electrons. The quantitative estimate of drug-likeness (QED) is 0.796. The summed E-state index contributed by atoms with van der Waals surface area (Å²) in [5.41, 5.74) is 1.42. The number of hydrogen-bond donors (Lipinski definition) is 0. The first-order valence-corrected chi connectivity index (χ1v) is 6.40. The Hall–Kier alpha value is -0.940. The summed E-state index contributed by atoms with van der Waals surface area (Å²) in [6.07, 6.45) is 1.81. The molecule has 1 saturated heterocycles. The predicted octanol–water partition coefficient (Wildman–Crippen LogP) is 2.01. The van der Waals surface area contributed by atoms with Crippen molar-refractivity contribution in [2.75, 3.05) is 19.7 Å². The van der Waals surface area contributed by atoms with Crippen LogP contribution in [0.15, 0.2) is 16.7 Å². The molecule has 0 bridgehead atoms. The Balaban J connectivity index is 2.21. The van der Waals surface area contributed by atoms with Crippen molar-refractivity contribution in [1.82, 2.24) is 9.88 Å². The molecule has 1 atom stereocenters. The molecule has 1 aliphatic rings. The van der Waals surface area contributed by atoms with Crippen LogP contribution in [0.25, 0.3) is 0 Å². The molecule has 1 aliphatic heterocycles. The predicted molar refractivity (Wildman–Crippen MR) is 68.0 cm³/mol. The minimum atomic E-state index is 0.0338. The van der Waals surface area contributed by atoms with Gasteiger partial charge < -0.3 is 9.64 Å². The third-order valence-corrected chi connectivity index (χ3v) is 3.25. The molecular formula is C12H15BrN2O2. The first-order chi connectivity index (χ1) is 8.08. The molecule has 5 heteroatoms. The van der Waals surface area contributed by atoms with Crippen LogP contribution < -0.4 is 0 Å². The van der Waals surface area contributed by atoms with Crippen molar-refractivity contribution in [2.24, 2.45) is 0 Å². The maximum absolute atomic E-state index is 12.3. The third-order valence-electron chi connectivity index (χ3n) is 2.81. The highest BCUT2D eigenvalue weighted by Crippen LogP contribution is 2.17. The molecule has 92 valence electrons. The lowest BCUT2D eigenvalue weighted by molar-refractivity contribution is -0.0124. The fourth-order valence-electron chi connectivity index (χ4n) is 1.90. The fraction of sp³-hybridized carbons (Fsp3) is 0.500. The molecule has 1 amide bonds. The van der Waals surface area contributed by atoms with Gasteiger partial charge in [-0.3, -0.25) is 9.78 Å². The summed E-state index contributed by atoms with van der Waals surface area (Å²) in [4.78, 5) is 18.3. The van der Waals surface area contributed by atoms with E-state index in [-0.39, 0.29) is 12.0 Å². The van der Waals surface area contributed by atoms with Crippen LogP contribution in [0.1, 0.15) is 23.0 Å². The molecule has 2 heterocycles. The number of halogens is 1. The van der Waals surface area contributed by atoms with Gasteiger partial charge in [-0.05, 0) is 35.8 Å². The molecule has 1 aromatic rings. The van der Waals surface area contributed by atoms with E-state index in [1.807, 2.05) is 24.8 Å². The van der Waals surface area contributed by atoms with E-state index in [0.717, 1.165) is 10.2 Å². The average molecular weight is 299 g/mol. The Bertz CT molecular complexity index is 437. The van der Waals surface area contributed by atoms with Crippen molar-refractivity contribution in [3.8, 4) is 0 Å². The van der Waals surface area contributed by atoms with Gasteiger partial charge in [0.05, 0.1) is 24.0 Å².